The summed E-state index contributed by atoms with van der Waals surface area (Å²) in [6.45, 7) is 1.93. The van der Waals surface area contributed by atoms with Gasteiger partial charge in [0, 0.05) is 23.3 Å². The molecular weight excluding hydrogens is 347 g/mol. The second-order valence-electron chi connectivity index (χ2n) is 5.07. The summed E-state index contributed by atoms with van der Waals surface area (Å²) in [6, 6.07) is 16.0. The molecule has 0 saturated heterocycles. The Hall–Kier alpha value is -2.22. The number of ether oxygens (including phenoxy) is 1. The predicted octanol–water partition coefficient (Wildman–Crippen LogP) is 4.71. The molecule has 0 aliphatic heterocycles. The van der Waals surface area contributed by atoms with Crippen LogP contribution in [0.5, 0.6) is 5.75 Å². The van der Waals surface area contributed by atoms with Crippen molar-refractivity contribution < 1.29 is 9.53 Å². The molecule has 124 valence electrons. The molecule has 0 heterocycles. The Balaban J connectivity index is 2.19. The van der Waals surface area contributed by atoms with Gasteiger partial charge in [-0.05, 0) is 31.2 Å². The number of carbonyl (C=O) groups excluding carboxylic acids is 1. The van der Waals surface area contributed by atoms with Crippen LogP contribution in [0.25, 0.3) is 0 Å². The minimum absolute atomic E-state index is 0.227. The number of nitrogens with zero attached hydrogens (tertiary/aromatic N) is 2. The normalized spacial score (nSPS) is 11.4. The van der Waals surface area contributed by atoms with E-state index in [0.717, 1.165) is 0 Å². The lowest BCUT2D eigenvalue weighted by Gasteiger charge is -2.25. The maximum Gasteiger partial charge on any atom is 0.267 e. The van der Waals surface area contributed by atoms with Gasteiger partial charge in [0.2, 0.25) is 0 Å². The molecule has 0 spiro atoms. The molecule has 0 N–H and O–H groups in total. The Labute approximate surface area is 151 Å². The Kier molecular flexibility index (Phi) is 6.48. The van der Waals surface area contributed by atoms with Crippen LogP contribution in [0.1, 0.15) is 13.3 Å². The van der Waals surface area contributed by atoms with E-state index < -0.39 is 6.10 Å². The van der Waals surface area contributed by atoms with Gasteiger partial charge >= 0.3 is 0 Å². The van der Waals surface area contributed by atoms with Gasteiger partial charge in [-0.2, -0.15) is 5.26 Å². The smallest absolute Gasteiger partial charge is 0.267 e. The fraction of sp³-hybridized carbons (Fsp3) is 0.222. The number of carbonyl (C=O) groups is 1. The summed E-state index contributed by atoms with van der Waals surface area (Å²) < 4.78 is 5.68. The number of amides is 1. The molecule has 0 aliphatic rings. The number of hydrogen-bond donors (Lipinski definition) is 0. The molecule has 1 amide bonds. The summed E-state index contributed by atoms with van der Waals surface area (Å²) in [6.07, 6.45) is -0.550. The van der Waals surface area contributed by atoms with Crippen molar-refractivity contribution in [3.8, 4) is 11.8 Å². The van der Waals surface area contributed by atoms with Crippen molar-refractivity contribution in [2.75, 3.05) is 11.4 Å². The molecule has 0 unspecified atom stereocenters. The third-order valence-corrected chi connectivity index (χ3v) is 3.87. The van der Waals surface area contributed by atoms with Gasteiger partial charge in [-0.25, -0.2) is 0 Å². The fourth-order valence-electron chi connectivity index (χ4n) is 2.16. The molecule has 0 saturated carbocycles. The largest absolute Gasteiger partial charge is 0.479 e. The van der Waals surface area contributed by atoms with Crippen LogP contribution in [0.15, 0.2) is 48.5 Å². The molecule has 0 radical (unpaired) electrons. The van der Waals surface area contributed by atoms with Crippen LogP contribution in [0.3, 0.4) is 0 Å². The van der Waals surface area contributed by atoms with E-state index in [0.29, 0.717) is 21.5 Å². The topological polar surface area (TPSA) is 53.3 Å². The van der Waals surface area contributed by atoms with Gasteiger partial charge in [0.25, 0.3) is 5.91 Å². The standard InChI is InChI=1S/C18H16Cl2N2O2/c1-13(24-17-12-14(19)8-9-16(17)20)18(23)22(11-5-10-21)15-6-3-2-4-7-15/h2-4,6-9,12-13H,5,11H2,1H3/t13-/m0/s1. The van der Waals surface area contributed by atoms with E-state index in [1.54, 1.807) is 25.1 Å². The zero-order chi connectivity index (χ0) is 17.5. The highest BCUT2D eigenvalue weighted by Gasteiger charge is 2.24. The van der Waals surface area contributed by atoms with Gasteiger partial charge in [-0.1, -0.05) is 41.4 Å². The van der Waals surface area contributed by atoms with Crippen LogP contribution < -0.4 is 9.64 Å². The van der Waals surface area contributed by atoms with E-state index in [1.807, 2.05) is 30.3 Å². The number of hydrogen-bond acceptors (Lipinski definition) is 3. The highest BCUT2D eigenvalue weighted by molar-refractivity contribution is 6.34. The molecular formula is C18H16Cl2N2O2. The molecule has 0 aliphatic carbocycles. The van der Waals surface area contributed by atoms with Gasteiger partial charge in [-0.15, -0.1) is 0 Å². The average molecular weight is 363 g/mol. The minimum Gasteiger partial charge on any atom is -0.479 e. The molecule has 24 heavy (non-hydrogen) atoms. The van der Waals surface area contributed by atoms with Crippen molar-refractivity contribution in [3.05, 3.63) is 58.6 Å². The van der Waals surface area contributed by atoms with Gasteiger partial charge < -0.3 is 9.64 Å². The summed E-state index contributed by atoms with van der Waals surface area (Å²) in [5.74, 6) is 0.0887. The molecule has 1 atom stereocenters. The summed E-state index contributed by atoms with van der Waals surface area (Å²) in [5, 5.41) is 9.68. The number of benzene rings is 2. The zero-order valence-corrected chi connectivity index (χ0v) is 14.6. The van der Waals surface area contributed by atoms with Crippen molar-refractivity contribution in [1.29, 1.82) is 5.26 Å². The lowest BCUT2D eigenvalue weighted by molar-refractivity contribution is -0.124. The number of rotatable bonds is 6. The first-order valence-corrected chi connectivity index (χ1v) is 8.13. The predicted molar refractivity (Wildman–Crippen MR) is 95.6 cm³/mol. The first-order chi connectivity index (χ1) is 11.5. The van der Waals surface area contributed by atoms with Gasteiger partial charge in [0.15, 0.2) is 6.10 Å². The van der Waals surface area contributed by atoms with Crippen molar-refractivity contribution in [1.82, 2.24) is 0 Å². The number of nitriles is 1. The third kappa shape index (κ3) is 4.64. The molecule has 0 bridgehead atoms. The van der Waals surface area contributed by atoms with Gasteiger partial charge in [-0.3, -0.25) is 4.79 Å². The fourth-order valence-corrected chi connectivity index (χ4v) is 2.49. The Morgan fingerprint density at radius 3 is 2.62 bits per heavy atom. The van der Waals surface area contributed by atoms with E-state index in [-0.39, 0.29) is 18.9 Å². The van der Waals surface area contributed by atoms with E-state index in [4.69, 9.17) is 33.2 Å². The first-order valence-electron chi connectivity index (χ1n) is 7.38. The van der Waals surface area contributed by atoms with Crippen LogP contribution in [-0.4, -0.2) is 18.6 Å². The lowest BCUT2D eigenvalue weighted by Crippen LogP contribution is -2.41. The maximum absolute atomic E-state index is 12.8. The van der Waals surface area contributed by atoms with Crippen LogP contribution in [-0.2, 0) is 4.79 Å². The second-order valence-corrected chi connectivity index (χ2v) is 5.91. The first kappa shape index (κ1) is 18.1. The van der Waals surface area contributed by atoms with Crippen LogP contribution >= 0.6 is 23.2 Å². The minimum atomic E-state index is -0.778. The molecule has 0 aromatic heterocycles. The molecule has 2 rings (SSSR count). The van der Waals surface area contributed by atoms with Gasteiger partial charge in [0.1, 0.15) is 5.75 Å². The summed E-state index contributed by atoms with van der Waals surface area (Å²) in [5.41, 5.74) is 0.713. The van der Waals surface area contributed by atoms with Gasteiger partial charge in [0.05, 0.1) is 17.5 Å². The lowest BCUT2D eigenvalue weighted by atomic mass is 10.2. The maximum atomic E-state index is 12.8. The number of anilines is 1. The summed E-state index contributed by atoms with van der Waals surface area (Å²) >= 11 is 12.0. The molecule has 2 aromatic carbocycles. The molecule has 4 nitrogen and oxygen atoms in total. The Morgan fingerprint density at radius 2 is 1.96 bits per heavy atom. The monoisotopic (exact) mass is 362 g/mol. The Morgan fingerprint density at radius 1 is 1.25 bits per heavy atom. The van der Waals surface area contributed by atoms with Crippen LogP contribution in [0, 0.1) is 11.3 Å². The summed E-state index contributed by atoms with van der Waals surface area (Å²) in [4.78, 5) is 14.3. The average Bonchev–Trinajstić information content (AvgIpc) is 2.59. The van der Waals surface area contributed by atoms with Crippen LogP contribution in [0.4, 0.5) is 5.69 Å². The van der Waals surface area contributed by atoms with Crippen LogP contribution in [0.2, 0.25) is 10.0 Å². The van der Waals surface area contributed by atoms with Crippen molar-refractivity contribution in [3.63, 3.8) is 0 Å². The number of halogens is 2. The highest BCUT2D eigenvalue weighted by atomic mass is 35.5. The zero-order valence-electron chi connectivity index (χ0n) is 13.1. The SMILES string of the molecule is C[C@H](Oc1cc(Cl)ccc1Cl)C(=O)N(CCC#N)c1ccccc1. The van der Waals surface area contributed by atoms with E-state index in [9.17, 15) is 4.79 Å². The highest BCUT2D eigenvalue weighted by Crippen LogP contribution is 2.29. The van der Waals surface area contributed by atoms with E-state index in [1.165, 1.54) is 4.90 Å². The van der Waals surface area contributed by atoms with Crippen molar-refractivity contribution >= 4 is 34.8 Å². The summed E-state index contributed by atoms with van der Waals surface area (Å²) in [7, 11) is 0. The van der Waals surface area contributed by atoms with E-state index in [2.05, 4.69) is 6.07 Å². The molecule has 6 heteroatoms. The van der Waals surface area contributed by atoms with E-state index >= 15 is 0 Å². The second kappa shape index (κ2) is 8.58. The molecule has 2 aromatic rings. The van der Waals surface area contributed by atoms with Crippen molar-refractivity contribution in [2.24, 2.45) is 0 Å². The number of para-hydroxylation sites is 1. The van der Waals surface area contributed by atoms with Crippen molar-refractivity contribution in [2.45, 2.75) is 19.4 Å². The quantitative estimate of drug-likeness (QED) is 0.747. The Bertz CT molecular complexity index is 744. The molecule has 0 fully saturated rings. The third-order valence-electron chi connectivity index (χ3n) is 3.33.